The van der Waals surface area contributed by atoms with Crippen molar-refractivity contribution in [2.75, 3.05) is 20.2 Å². The molecule has 1 amide bonds. The van der Waals surface area contributed by atoms with Crippen molar-refractivity contribution in [1.82, 2.24) is 14.8 Å². The van der Waals surface area contributed by atoms with Crippen LogP contribution in [0, 0.1) is 13.8 Å². The molecule has 0 saturated carbocycles. The quantitative estimate of drug-likeness (QED) is 0.446. The summed E-state index contributed by atoms with van der Waals surface area (Å²) in [6, 6.07) is 9.81. The Morgan fingerprint density at radius 2 is 1.61 bits per heavy atom. The van der Waals surface area contributed by atoms with Gasteiger partial charge in [-0.25, -0.2) is 21.6 Å². The van der Waals surface area contributed by atoms with Gasteiger partial charge in [-0.3, -0.25) is 4.79 Å². The van der Waals surface area contributed by atoms with Crippen LogP contribution in [-0.2, 0) is 24.8 Å². The van der Waals surface area contributed by atoms with Crippen LogP contribution in [0.15, 0.2) is 52.3 Å². The number of aryl methyl sites for hydroxylation is 2. The van der Waals surface area contributed by atoms with E-state index < -0.39 is 32.0 Å². The second-order valence-electron chi connectivity index (χ2n) is 6.98. The molecule has 0 heterocycles. The Kier molecular flexibility index (Phi) is 8.18. The topological polar surface area (TPSA) is 131 Å². The molecule has 9 nitrogen and oxygen atoms in total. The molecule has 3 N–H and O–H groups in total. The molecular formula is C20H27N3O6S2. The number of methoxy groups -OCH3 is 1. The molecule has 0 fully saturated rings. The fourth-order valence-corrected chi connectivity index (χ4v) is 5.27. The summed E-state index contributed by atoms with van der Waals surface area (Å²) in [5.41, 5.74) is 1.43. The fourth-order valence-electron chi connectivity index (χ4n) is 2.71. The van der Waals surface area contributed by atoms with Gasteiger partial charge < -0.3 is 10.1 Å². The molecule has 11 heteroatoms. The van der Waals surface area contributed by atoms with E-state index in [0.29, 0.717) is 11.3 Å². The number of ether oxygens (including phenoxy) is 1. The Balaban J connectivity index is 1.88. The van der Waals surface area contributed by atoms with Crippen molar-refractivity contribution in [3.63, 3.8) is 0 Å². The SMILES string of the molecule is COc1ccc(S(=O)(=O)N[C@@H](C)C(=O)NCCNS(=O)(=O)c2cc(C)ccc2C)cc1. The van der Waals surface area contributed by atoms with Crippen molar-refractivity contribution in [3.8, 4) is 5.75 Å². The van der Waals surface area contributed by atoms with E-state index in [2.05, 4.69) is 14.8 Å². The summed E-state index contributed by atoms with van der Waals surface area (Å²) in [7, 11) is -6.16. The number of carbonyl (C=O) groups is 1. The number of rotatable bonds is 10. The number of hydrogen-bond acceptors (Lipinski definition) is 6. The number of amides is 1. The van der Waals surface area contributed by atoms with Crippen LogP contribution < -0.4 is 19.5 Å². The van der Waals surface area contributed by atoms with E-state index >= 15 is 0 Å². The van der Waals surface area contributed by atoms with Gasteiger partial charge in [-0.05, 0) is 62.2 Å². The van der Waals surface area contributed by atoms with E-state index in [0.717, 1.165) is 5.56 Å². The minimum Gasteiger partial charge on any atom is -0.497 e. The summed E-state index contributed by atoms with van der Waals surface area (Å²) in [5.74, 6) is -0.0731. The number of sulfonamides is 2. The molecule has 0 bridgehead atoms. The lowest BCUT2D eigenvalue weighted by Gasteiger charge is -2.15. The zero-order valence-corrected chi connectivity index (χ0v) is 19.4. The van der Waals surface area contributed by atoms with Gasteiger partial charge >= 0.3 is 0 Å². The molecule has 0 radical (unpaired) electrons. The van der Waals surface area contributed by atoms with Gasteiger partial charge in [0.15, 0.2) is 0 Å². The highest BCUT2D eigenvalue weighted by Crippen LogP contribution is 2.17. The van der Waals surface area contributed by atoms with Crippen LogP contribution in [0.2, 0.25) is 0 Å². The molecule has 0 spiro atoms. The van der Waals surface area contributed by atoms with Crippen molar-refractivity contribution >= 4 is 26.0 Å². The molecule has 0 aliphatic rings. The average Bonchev–Trinajstić information content (AvgIpc) is 2.72. The lowest BCUT2D eigenvalue weighted by atomic mass is 10.2. The fraction of sp³-hybridized carbons (Fsp3) is 0.350. The van der Waals surface area contributed by atoms with Gasteiger partial charge in [0.1, 0.15) is 5.75 Å². The van der Waals surface area contributed by atoms with Crippen molar-refractivity contribution in [2.24, 2.45) is 0 Å². The predicted molar refractivity (Wildman–Crippen MR) is 117 cm³/mol. The summed E-state index contributed by atoms with van der Waals surface area (Å²) < 4.78 is 59.4. The first-order chi connectivity index (χ1) is 14.5. The molecular weight excluding hydrogens is 442 g/mol. The number of hydrogen-bond donors (Lipinski definition) is 3. The molecule has 1 atom stereocenters. The third kappa shape index (κ3) is 6.76. The molecule has 2 aromatic rings. The summed E-state index contributed by atoms with van der Waals surface area (Å²) in [6.07, 6.45) is 0. The Morgan fingerprint density at radius 1 is 0.968 bits per heavy atom. The predicted octanol–water partition coefficient (Wildman–Crippen LogP) is 1.07. The van der Waals surface area contributed by atoms with Crippen LogP contribution in [0.4, 0.5) is 0 Å². The first kappa shape index (κ1) is 24.8. The molecule has 2 rings (SSSR count). The smallest absolute Gasteiger partial charge is 0.241 e. The Labute approximate surface area is 183 Å². The van der Waals surface area contributed by atoms with Gasteiger partial charge in [-0.2, -0.15) is 4.72 Å². The van der Waals surface area contributed by atoms with Crippen LogP contribution in [0.25, 0.3) is 0 Å². The maximum atomic E-state index is 12.4. The minimum absolute atomic E-state index is 0.00245. The molecule has 0 aromatic heterocycles. The van der Waals surface area contributed by atoms with Crippen molar-refractivity contribution < 1.29 is 26.4 Å². The van der Waals surface area contributed by atoms with Crippen LogP contribution in [0.5, 0.6) is 5.75 Å². The van der Waals surface area contributed by atoms with E-state index in [1.807, 2.05) is 6.07 Å². The monoisotopic (exact) mass is 469 g/mol. The maximum Gasteiger partial charge on any atom is 0.241 e. The Hall–Kier alpha value is -2.47. The molecule has 2 aromatic carbocycles. The minimum atomic E-state index is -3.91. The first-order valence-corrected chi connectivity index (χ1v) is 12.4. The second-order valence-corrected chi connectivity index (χ2v) is 10.4. The van der Waals surface area contributed by atoms with E-state index in [9.17, 15) is 21.6 Å². The number of benzene rings is 2. The summed E-state index contributed by atoms with van der Waals surface area (Å²) >= 11 is 0. The van der Waals surface area contributed by atoms with Crippen LogP contribution >= 0.6 is 0 Å². The molecule has 0 aliphatic heterocycles. The van der Waals surface area contributed by atoms with Gasteiger partial charge in [-0.15, -0.1) is 0 Å². The van der Waals surface area contributed by atoms with Crippen molar-refractivity contribution in [1.29, 1.82) is 0 Å². The standard InChI is InChI=1S/C20H27N3O6S2/c1-14-5-6-15(2)19(13-14)31(27,28)22-12-11-21-20(24)16(3)23-30(25,26)18-9-7-17(29-4)8-10-18/h5-10,13,16,22-23H,11-12H2,1-4H3,(H,21,24)/t16-/m0/s1. The van der Waals surface area contributed by atoms with Crippen molar-refractivity contribution in [2.45, 2.75) is 36.6 Å². The van der Waals surface area contributed by atoms with E-state index in [4.69, 9.17) is 4.74 Å². The Morgan fingerprint density at radius 3 is 2.23 bits per heavy atom. The molecule has 0 saturated heterocycles. The molecule has 170 valence electrons. The van der Waals surface area contributed by atoms with Crippen LogP contribution in [0.1, 0.15) is 18.1 Å². The van der Waals surface area contributed by atoms with Gasteiger partial charge in [0, 0.05) is 13.1 Å². The van der Waals surface area contributed by atoms with Crippen LogP contribution in [-0.4, -0.2) is 49.0 Å². The molecule has 31 heavy (non-hydrogen) atoms. The largest absolute Gasteiger partial charge is 0.497 e. The zero-order valence-electron chi connectivity index (χ0n) is 17.8. The number of nitrogens with one attached hydrogen (secondary N) is 3. The molecule has 0 unspecified atom stereocenters. The first-order valence-electron chi connectivity index (χ1n) is 9.47. The highest BCUT2D eigenvalue weighted by molar-refractivity contribution is 7.89. The highest BCUT2D eigenvalue weighted by atomic mass is 32.2. The van der Waals surface area contributed by atoms with Crippen molar-refractivity contribution in [3.05, 3.63) is 53.6 Å². The normalized spacial score (nSPS) is 12.9. The van der Waals surface area contributed by atoms with E-state index in [1.165, 1.54) is 38.3 Å². The molecule has 0 aliphatic carbocycles. The zero-order chi connectivity index (χ0) is 23.2. The van der Waals surface area contributed by atoms with E-state index in [-0.39, 0.29) is 22.9 Å². The summed E-state index contributed by atoms with van der Waals surface area (Å²) in [4.78, 5) is 12.4. The lowest BCUT2D eigenvalue weighted by Crippen LogP contribution is -2.46. The van der Waals surface area contributed by atoms with Gasteiger partial charge in [0.25, 0.3) is 0 Å². The third-order valence-corrected chi connectivity index (χ3v) is 7.60. The van der Waals surface area contributed by atoms with Gasteiger partial charge in [-0.1, -0.05) is 12.1 Å². The maximum absolute atomic E-state index is 12.4. The third-order valence-electron chi connectivity index (χ3n) is 4.44. The Bertz CT molecular complexity index is 1130. The number of carbonyl (C=O) groups excluding carboxylic acids is 1. The van der Waals surface area contributed by atoms with Crippen LogP contribution in [0.3, 0.4) is 0 Å². The second kappa shape index (κ2) is 10.2. The average molecular weight is 470 g/mol. The van der Waals surface area contributed by atoms with E-state index in [1.54, 1.807) is 26.0 Å². The summed E-state index contributed by atoms with van der Waals surface area (Å²) in [6.45, 7) is 4.85. The summed E-state index contributed by atoms with van der Waals surface area (Å²) in [5, 5.41) is 2.51. The lowest BCUT2D eigenvalue weighted by molar-refractivity contribution is -0.122. The van der Waals surface area contributed by atoms with Gasteiger partial charge in [0.2, 0.25) is 26.0 Å². The van der Waals surface area contributed by atoms with Gasteiger partial charge in [0.05, 0.1) is 22.9 Å². The highest BCUT2D eigenvalue weighted by Gasteiger charge is 2.22.